The molecular weight excluding hydrogens is 365 g/mol. The number of halogens is 3. The third-order valence-corrected chi connectivity index (χ3v) is 3.70. The Morgan fingerprint density at radius 3 is 2.44 bits per heavy atom. The zero-order chi connectivity index (χ0) is 19.6. The number of anilines is 2. The zero-order valence-corrected chi connectivity index (χ0v) is 14.1. The molecule has 1 aliphatic heterocycles. The summed E-state index contributed by atoms with van der Waals surface area (Å²) in [5.74, 6) is -0.494. The first kappa shape index (κ1) is 18.6. The molecule has 1 aliphatic rings. The Kier molecular flexibility index (Phi) is 4.93. The average molecular weight is 380 g/mol. The lowest BCUT2D eigenvalue weighted by Gasteiger charge is -2.26. The van der Waals surface area contributed by atoms with Gasteiger partial charge in [0.25, 0.3) is 5.91 Å². The molecule has 0 spiro atoms. The number of amides is 2. The number of rotatable bonds is 3. The van der Waals surface area contributed by atoms with Crippen molar-refractivity contribution in [3.63, 3.8) is 0 Å². The van der Waals surface area contributed by atoms with Crippen LogP contribution in [0.4, 0.5) is 24.5 Å². The van der Waals surface area contributed by atoms with Gasteiger partial charge in [0.2, 0.25) is 12.0 Å². The van der Waals surface area contributed by atoms with E-state index in [9.17, 15) is 22.8 Å². The van der Waals surface area contributed by atoms with Crippen molar-refractivity contribution in [2.45, 2.75) is 19.2 Å². The number of alkyl halides is 3. The monoisotopic (exact) mass is 380 g/mol. The molecule has 0 aromatic heterocycles. The minimum absolute atomic E-state index is 0.0287. The Labute approximate surface area is 152 Å². The van der Waals surface area contributed by atoms with Gasteiger partial charge in [-0.25, -0.2) is 0 Å². The number of benzene rings is 2. The molecule has 2 aromatic rings. The molecule has 3 rings (SSSR count). The summed E-state index contributed by atoms with van der Waals surface area (Å²) in [4.78, 5) is 23.4. The zero-order valence-electron chi connectivity index (χ0n) is 14.1. The minimum atomic E-state index is -4.73. The first-order valence-electron chi connectivity index (χ1n) is 7.92. The Hall–Kier alpha value is -3.23. The van der Waals surface area contributed by atoms with Crippen LogP contribution in [-0.4, -0.2) is 24.5 Å². The highest BCUT2D eigenvalue weighted by atomic mass is 19.4. The summed E-state index contributed by atoms with van der Waals surface area (Å²) in [7, 11) is 0. The second-order valence-electron chi connectivity index (χ2n) is 5.79. The molecule has 0 saturated heterocycles. The second kappa shape index (κ2) is 7.18. The van der Waals surface area contributed by atoms with Crippen molar-refractivity contribution in [2.75, 3.05) is 17.2 Å². The van der Waals surface area contributed by atoms with Gasteiger partial charge in [-0.05, 0) is 30.3 Å². The van der Waals surface area contributed by atoms with E-state index in [4.69, 9.17) is 9.47 Å². The fraction of sp³-hybridized carbons (Fsp3) is 0.222. The third-order valence-electron chi connectivity index (χ3n) is 3.70. The summed E-state index contributed by atoms with van der Waals surface area (Å²) in [6, 6.07) is 9.76. The van der Waals surface area contributed by atoms with E-state index in [0.29, 0.717) is 11.5 Å². The van der Waals surface area contributed by atoms with Crippen molar-refractivity contribution in [3.8, 4) is 11.5 Å². The van der Waals surface area contributed by atoms with E-state index < -0.39 is 35.3 Å². The molecule has 1 heterocycles. The Morgan fingerprint density at radius 1 is 1.07 bits per heavy atom. The molecule has 6 nitrogen and oxygen atoms in total. The number of hydrogen-bond donors (Lipinski definition) is 2. The predicted molar refractivity (Wildman–Crippen MR) is 90.7 cm³/mol. The molecule has 2 N–H and O–H groups in total. The molecule has 0 unspecified atom stereocenters. The Balaban J connectivity index is 1.80. The largest absolute Gasteiger partial charge is 0.485 e. The maximum Gasteiger partial charge on any atom is 0.418 e. The van der Waals surface area contributed by atoms with E-state index in [0.717, 1.165) is 12.1 Å². The van der Waals surface area contributed by atoms with Crippen LogP contribution in [0.2, 0.25) is 0 Å². The average Bonchev–Trinajstić information content (AvgIpc) is 2.61. The van der Waals surface area contributed by atoms with Crippen molar-refractivity contribution >= 4 is 23.2 Å². The smallest absolute Gasteiger partial charge is 0.418 e. The number of nitrogens with one attached hydrogen (secondary N) is 2. The number of fused-ring (bicyclic) bond motifs is 1. The van der Waals surface area contributed by atoms with Crippen molar-refractivity contribution in [1.29, 1.82) is 0 Å². The summed E-state index contributed by atoms with van der Waals surface area (Å²) in [5, 5.41) is 4.50. The number of carbonyl (C=O) groups is 2. The van der Waals surface area contributed by atoms with E-state index in [-0.39, 0.29) is 12.3 Å². The van der Waals surface area contributed by atoms with Gasteiger partial charge >= 0.3 is 6.18 Å². The van der Waals surface area contributed by atoms with E-state index in [1.54, 1.807) is 24.3 Å². The minimum Gasteiger partial charge on any atom is -0.485 e. The predicted octanol–water partition coefficient (Wildman–Crippen LogP) is 3.44. The van der Waals surface area contributed by atoms with Gasteiger partial charge in [0.05, 0.1) is 11.3 Å². The molecule has 9 heteroatoms. The second-order valence-corrected chi connectivity index (χ2v) is 5.79. The van der Waals surface area contributed by atoms with Crippen LogP contribution in [0.1, 0.15) is 12.5 Å². The third kappa shape index (κ3) is 4.30. The number of hydrogen-bond acceptors (Lipinski definition) is 4. The van der Waals surface area contributed by atoms with E-state index in [1.165, 1.54) is 13.0 Å². The highest BCUT2D eigenvalue weighted by molar-refractivity contribution is 5.96. The standard InChI is InChI=1S/C18H15F3N2O4/c1-10(24)22-11-6-7-13(12(8-11)18(19,20)21)23-17(25)16-9-26-14-4-2-3-5-15(14)27-16/h2-8,16H,9H2,1H3,(H,22,24)(H,23,25)/t16-/m0/s1. The molecule has 1 atom stereocenters. The number of para-hydroxylation sites is 2. The van der Waals surface area contributed by atoms with Gasteiger partial charge in [0, 0.05) is 12.6 Å². The fourth-order valence-electron chi connectivity index (χ4n) is 2.53. The fourth-order valence-corrected chi connectivity index (χ4v) is 2.53. The molecule has 0 bridgehead atoms. The molecule has 0 radical (unpaired) electrons. The van der Waals surface area contributed by atoms with E-state index in [2.05, 4.69) is 10.6 Å². The molecule has 0 fully saturated rings. The van der Waals surface area contributed by atoms with Crippen LogP contribution in [0.5, 0.6) is 11.5 Å². The van der Waals surface area contributed by atoms with Gasteiger partial charge in [-0.3, -0.25) is 9.59 Å². The van der Waals surface area contributed by atoms with Crippen LogP contribution in [0.15, 0.2) is 42.5 Å². The lowest BCUT2D eigenvalue weighted by molar-refractivity contribution is -0.137. The SMILES string of the molecule is CC(=O)Nc1ccc(NC(=O)[C@@H]2COc3ccccc3O2)c(C(F)(F)F)c1. The van der Waals surface area contributed by atoms with Crippen LogP contribution in [0.3, 0.4) is 0 Å². The summed E-state index contributed by atoms with van der Waals surface area (Å²) in [6.07, 6.45) is -5.83. The van der Waals surface area contributed by atoms with Gasteiger partial charge in [0.1, 0.15) is 6.61 Å². The summed E-state index contributed by atoms with van der Waals surface area (Å²) in [5.41, 5.74) is -1.55. The molecule has 2 amide bonds. The van der Waals surface area contributed by atoms with Crippen LogP contribution in [-0.2, 0) is 15.8 Å². The molecular formula is C18H15F3N2O4. The van der Waals surface area contributed by atoms with Crippen LogP contribution in [0, 0.1) is 0 Å². The van der Waals surface area contributed by atoms with E-state index in [1.807, 2.05) is 0 Å². The van der Waals surface area contributed by atoms with Gasteiger partial charge in [0.15, 0.2) is 11.5 Å². The normalized spacial score (nSPS) is 15.8. The van der Waals surface area contributed by atoms with Gasteiger partial charge < -0.3 is 20.1 Å². The molecule has 142 valence electrons. The highest BCUT2D eigenvalue weighted by Gasteiger charge is 2.35. The van der Waals surface area contributed by atoms with Crippen molar-refractivity contribution in [1.82, 2.24) is 0 Å². The number of carbonyl (C=O) groups excluding carboxylic acids is 2. The topological polar surface area (TPSA) is 76.7 Å². The summed E-state index contributed by atoms with van der Waals surface area (Å²) < 4.78 is 50.9. The van der Waals surface area contributed by atoms with Gasteiger partial charge in [-0.15, -0.1) is 0 Å². The van der Waals surface area contributed by atoms with Crippen LogP contribution >= 0.6 is 0 Å². The van der Waals surface area contributed by atoms with Crippen LogP contribution in [0.25, 0.3) is 0 Å². The summed E-state index contributed by atoms with van der Waals surface area (Å²) in [6.45, 7) is 1.05. The summed E-state index contributed by atoms with van der Waals surface area (Å²) >= 11 is 0. The molecule has 0 aliphatic carbocycles. The number of ether oxygens (including phenoxy) is 2. The highest BCUT2D eigenvalue weighted by Crippen LogP contribution is 2.37. The maximum atomic E-state index is 13.3. The maximum absolute atomic E-state index is 13.3. The Morgan fingerprint density at radius 2 is 1.78 bits per heavy atom. The Bertz CT molecular complexity index is 883. The van der Waals surface area contributed by atoms with Crippen LogP contribution < -0.4 is 20.1 Å². The van der Waals surface area contributed by atoms with Crippen molar-refractivity contribution in [3.05, 3.63) is 48.0 Å². The van der Waals surface area contributed by atoms with Crippen molar-refractivity contribution in [2.24, 2.45) is 0 Å². The molecule has 2 aromatic carbocycles. The lowest BCUT2D eigenvalue weighted by atomic mass is 10.1. The first-order valence-corrected chi connectivity index (χ1v) is 7.92. The lowest BCUT2D eigenvalue weighted by Crippen LogP contribution is -2.40. The van der Waals surface area contributed by atoms with Gasteiger partial charge in [-0.1, -0.05) is 12.1 Å². The van der Waals surface area contributed by atoms with E-state index >= 15 is 0 Å². The quantitative estimate of drug-likeness (QED) is 0.855. The van der Waals surface area contributed by atoms with Crippen molar-refractivity contribution < 1.29 is 32.2 Å². The first-order chi connectivity index (χ1) is 12.7. The molecule has 0 saturated carbocycles. The molecule has 27 heavy (non-hydrogen) atoms. The van der Waals surface area contributed by atoms with Gasteiger partial charge in [-0.2, -0.15) is 13.2 Å².